The molecular formula is C13H17BrN4O. The van der Waals surface area contributed by atoms with Crippen molar-refractivity contribution in [3.63, 3.8) is 0 Å². The number of unbranched alkanes of at least 4 members (excludes halogenated alkanes) is 2. The normalized spacial score (nSPS) is 10.8. The maximum absolute atomic E-state index is 8.74. The molecule has 1 N–H and O–H groups in total. The van der Waals surface area contributed by atoms with Gasteiger partial charge in [-0.3, -0.25) is 0 Å². The Hall–Kier alpha value is -1.27. The van der Waals surface area contributed by atoms with E-state index in [1.54, 1.807) is 0 Å². The zero-order valence-electron chi connectivity index (χ0n) is 10.7. The van der Waals surface area contributed by atoms with Crippen LogP contribution < -0.4 is 0 Å². The molecule has 0 atom stereocenters. The van der Waals surface area contributed by atoms with Crippen LogP contribution in [-0.4, -0.2) is 31.9 Å². The van der Waals surface area contributed by atoms with Gasteiger partial charge in [0.2, 0.25) is 0 Å². The van der Waals surface area contributed by atoms with E-state index in [0.29, 0.717) is 0 Å². The average Bonchev–Trinajstić information content (AvgIpc) is 2.85. The molecule has 1 aromatic carbocycles. The van der Waals surface area contributed by atoms with Crippen molar-refractivity contribution >= 4 is 15.9 Å². The third kappa shape index (κ3) is 4.40. The molecule has 1 heterocycles. The van der Waals surface area contributed by atoms with Crippen LogP contribution in [0.3, 0.4) is 0 Å². The number of aliphatic hydroxyl groups excluding tert-OH is 1. The molecule has 19 heavy (non-hydrogen) atoms. The fourth-order valence-corrected chi connectivity index (χ4v) is 2.12. The summed E-state index contributed by atoms with van der Waals surface area (Å²) in [6.07, 6.45) is 3.55. The van der Waals surface area contributed by atoms with Crippen LogP contribution in [-0.2, 0) is 13.0 Å². The van der Waals surface area contributed by atoms with Gasteiger partial charge >= 0.3 is 0 Å². The quantitative estimate of drug-likeness (QED) is 0.793. The van der Waals surface area contributed by atoms with Gasteiger partial charge in [0.15, 0.2) is 5.82 Å². The zero-order valence-corrected chi connectivity index (χ0v) is 12.3. The molecule has 1 aromatic heterocycles. The second-order valence-corrected chi connectivity index (χ2v) is 5.32. The Morgan fingerprint density at radius 1 is 1.11 bits per heavy atom. The minimum absolute atomic E-state index is 0.251. The van der Waals surface area contributed by atoms with Crippen LogP contribution in [0.25, 0.3) is 0 Å². The molecule has 2 aromatic rings. The van der Waals surface area contributed by atoms with E-state index in [1.165, 1.54) is 5.56 Å². The third-order valence-electron chi connectivity index (χ3n) is 2.91. The van der Waals surface area contributed by atoms with Crippen LogP contribution in [0.15, 0.2) is 28.7 Å². The second kappa shape index (κ2) is 7.35. The van der Waals surface area contributed by atoms with Crippen molar-refractivity contribution in [1.82, 2.24) is 20.2 Å². The third-order valence-corrected chi connectivity index (χ3v) is 3.44. The summed E-state index contributed by atoms with van der Waals surface area (Å²) in [6.45, 7) is 1.06. The summed E-state index contributed by atoms with van der Waals surface area (Å²) in [5.41, 5.74) is 1.19. The van der Waals surface area contributed by atoms with Gasteiger partial charge in [-0.1, -0.05) is 28.1 Å². The Morgan fingerprint density at radius 3 is 2.63 bits per heavy atom. The number of aliphatic hydroxyl groups is 1. The molecule has 102 valence electrons. The molecule has 0 aliphatic rings. The maximum Gasteiger partial charge on any atom is 0.155 e. The molecule has 0 unspecified atom stereocenters. The molecule has 6 heteroatoms. The van der Waals surface area contributed by atoms with E-state index >= 15 is 0 Å². The van der Waals surface area contributed by atoms with E-state index in [0.717, 1.165) is 42.5 Å². The fourth-order valence-electron chi connectivity index (χ4n) is 1.86. The van der Waals surface area contributed by atoms with Crippen LogP contribution in [0.2, 0.25) is 0 Å². The van der Waals surface area contributed by atoms with Gasteiger partial charge in [0.25, 0.3) is 0 Å². The molecule has 0 radical (unpaired) electrons. The number of rotatable bonds is 7. The highest BCUT2D eigenvalue weighted by Crippen LogP contribution is 2.13. The summed E-state index contributed by atoms with van der Waals surface area (Å²) in [6, 6.07) is 8.17. The van der Waals surface area contributed by atoms with Gasteiger partial charge in [0.05, 0.1) is 0 Å². The largest absolute Gasteiger partial charge is 0.396 e. The van der Waals surface area contributed by atoms with E-state index in [4.69, 9.17) is 5.11 Å². The minimum atomic E-state index is 0.251. The standard InChI is InChI=1S/C13H17BrN4O/c14-12-6-4-11(5-7-12)10-13-15-16-17-18(13)8-2-1-3-9-19/h4-7,19H,1-3,8-10H2. The highest BCUT2D eigenvalue weighted by Gasteiger charge is 2.06. The second-order valence-electron chi connectivity index (χ2n) is 4.41. The summed E-state index contributed by atoms with van der Waals surface area (Å²) in [5.74, 6) is 0.881. The Labute approximate surface area is 120 Å². The summed E-state index contributed by atoms with van der Waals surface area (Å²) >= 11 is 3.42. The number of tetrazole rings is 1. The first kappa shape index (κ1) is 14.1. The van der Waals surface area contributed by atoms with Gasteiger partial charge in [-0.2, -0.15) is 0 Å². The summed E-state index contributed by atoms with van der Waals surface area (Å²) in [5, 5.41) is 20.6. The van der Waals surface area contributed by atoms with Gasteiger partial charge in [0, 0.05) is 24.0 Å². The SMILES string of the molecule is OCCCCCn1nnnc1Cc1ccc(Br)cc1. The van der Waals surface area contributed by atoms with Crippen molar-refractivity contribution in [2.24, 2.45) is 0 Å². The Kier molecular flexibility index (Phi) is 5.47. The molecule has 0 fully saturated rings. The van der Waals surface area contributed by atoms with Crippen molar-refractivity contribution in [3.05, 3.63) is 40.1 Å². The Bertz CT molecular complexity index is 498. The monoisotopic (exact) mass is 324 g/mol. The van der Waals surface area contributed by atoms with Crippen LogP contribution in [0.4, 0.5) is 0 Å². The van der Waals surface area contributed by atoms with Crippen LogP contribution in [0, 0.1) is 0 Å². The summed E-state index contributed by atoms with van der Waals surface area (Å²) < 4.78 is 2.92. The number of hydrogen-bond donors (Lipinski definition) is 1. The molecule has 2 rings (SSSR count). The van der Waals surface area contributed by atoms with Gasteiger partial charge in [0.1, 0.15) is 0 Å². The highest BCUT2D eigenvalue weighted by molar-refractivity contribution is 9.10. The zero-order chi connectivity index (χ0) is 13.5. The van der Waals surface area contributed by atoms with Crippen LogP contribution >= 0.6 is 15.9 Å². The number of halogens is 1. The van der Waals surface area contributed by atoms with Gasteiger partial charge < -0.3 is 5.11 Å². The van der Waals surface area contributed by atoms with Gasteiger partial charge in [-0.25, -0.2) is 4.68 Å². The van der Waals surface area contributed by atoms with E-state index in [-0.39, 0.29) is 6.61 Å². The van der Waals surface area contributed by atoms with E-state index < -0.39 is 0 Å². The van der Waals surface area contributed by atoms with Crippen LogP contribution in [0.1, 0.15) is 30.7 Å². The molecule has 0 aliphatic heterocycles. The average molecular weight is 325 g/mol. The summed E-state index contributed by atoms with van der Waals surface area (Å²) in [4.78, 5) is 0. The number of nitrogens with zero attached hydrogens (tertiary/aromatic N) is 4. The van der Waals surface area contributed by atoms with Crippen molar-refractivity contribution in [1.29, 1.82) is 0 Å². The minimum Gasteiger partial charge on any atom is -0.396 e. The highest BCUT2D eigenvalue weighted by atomic mass is 79.9. The molecule has 5 nitrogen and oxygen atoms in total. The lowest BCUT2D eigenvalue weighted by Crippen LogP contribution is -2.07. The molecular weight excluding hydrogens is 308 g/mol. The molecule has 0 saturated carbocycles. The molecule has 0 saturated heterocycles. The Morgan fingerprint density at radius 2 is 1.89 bits per heavy atom. The lowest BCUT2D eigenvalue weighted by Gasteiger charge is -2.04. The fraction of sp³-hybridized carbons (Fsp3) is 0.462. The number of hydrogen-bond acceptors (Lipinski definition) is 4. The first-order valence-electron chi connectivity index (χ1n) is 6.40. The molecule has 0 bridgehead atoms. The molecule has 0 aliphatic carbocycles. The lowest BCUT2D eigenvalue weighted by molar-refractivity contribution is 0.281. The maximum atomic E-state index is 8.74. The topological polar surface area (TPSA) is 63.8 Å². The summed E-state index contributed by atoms with van der Waals surface area (Å²) in [7, 11) is 0. The number of benzene rings is 1. The predicted molar refractivity (Wildman–Crippen MR) is 75.7 cm³/mol. The van der Waals surface area contributed by atoms with E-state index in [2.05, 4.69) is 43.6 Å². The molecule has 0 spiro atoms. The number of aryl methyl sites for hydroxylation is 1. The predicted octanol–water partition coefficient (Wildman–Crippen LogP) is 2.19. The van der Waals surface area contributed by atoms with Crippen molar-refractivity contribution < 1.29 is 5.11 Å². The first-order valence-corrected chi connectivity index (χ1v) is 7.19. The van der Waals surface area contributed by atoms with Crippen molar-refractivity contribution in [2.75, 3.05) is 6.61 Å². The van der Waals surface area contributed by atoms with Crippen molar-refractivity contribution in [3.8, 4) is 0 Å². The van der Waals surface area contributed by atoms with E-state index in [9.17, 15) is 0 Å². The first-order chi connectivity index (χ1) is 9.29. The lowest BCUT2D eigenvalue weighted by atomic mass is 10.1. The van der Waals surface area contributed by atoms with Gasteiger partial charge in [-0.05, 0) is 47.4 Å². The van der Waals surface area contributed by atoms with Gasteiger partial charge in [-0.15, -0.1) is 5.10 Å². The Balaban J connectivity index is 1.93. The molecule has 0 amide bonds. The smallest absolute Gasteiger partial charge is 0.155 e. The van der Waals surface area contributed by atoms with Crippen molar-refractivity contribution in [2.45, 2.75) is 32.2 Å². The van der Waals surface area contributed by atoms with Crippen LogP contribution in [0.5, 0.6) is 0 Å². The number of aromatic nitrogens is 4. The van der Waals surface area contributed by atoms with E-state index in [1.807, 2.05) is 16.8 Å².